The Labute approximate surface area is 116 Å². The Morgan fingerprint density at radius 3 is 2.10 bits per heavy atom. The van der Waals surface area contributed by atoms with E-state index in [4.69, 9.17) is 10.4 Å². The van der Waals surface area contributed by atoms with E-state index in [1.54, 1.807) is 0 Å². The van der Waals surface area contributed by atoms with Crippen LogP contribution in [0.3, 0.4) is 0 Å². The Morgan fingerprint density at radius 2 is 1.65 bits per heavy atom. The molecule has 9 heteroatoms. The highest BCUT2D eigenvalue weighted by Gasteiger charge is 2.22. The monoisotopic (exact) mass is 317 g/mol. The normalized spacial score (nSPS) is 11.8. The summed E-state index contributed by atoms with van der Waals surface area (Å²) < 4.78 is 46.4. The van der Waals surface area contributed by atoms with E-state index in [1.807, 2.05) is 6.07 Å². The van der Waals surface area contributed by atoms with E-state index in [2.05, 4.69) is 0 Å². The maximum Gasteiger partial charge on any atom is 0.318 e. The zero-order valence-corrected chi connectivity index (χ0v) is 11.8. The standard InChI is InChI=1S/C11H11NO6S2/c12-7-9-1-3-10(4-2-9)20(17,18)6-5-19(15,16)8-11(13)14/h1-4H,5-6,8H2,(H,13,14). The van der Waals surface area contributed by atoms with Gasteiger partial charge in [0.1, 0.15) is 5.75 Å². The van der Waals surface area contributed by atoms with Gasteiger partial charge in [-0.3, -0.25) is 4.79 Å². The second-order valence-electron chi connectivity index (χ2n) is 3.94. The van der Waals surface area contributed by atoms with Crippen LogP contribution in [0.4, 0.5) is 0 Å². The minimum atomic E-state index is -3.97. The summed E-state index contributed by atoms with van der Waals surface area (Å²) in [7, 11) is -7.80. The van der Waals surface area contributed by atoms with Gasteiger partial charge in [0, 0.05) is 0 Å². The van der Waals surface area contributed by atoms with Crippen molar-refractivity contribution < 1.29 is 26.7 Å². The molecule has 1 aromatic carbocycles. The van der Waals surface area contributed by atoms with Crippen LogP contribution in [0.1, 0.15) is 5.56 Å². The highest BCUT2D eigenvalue weighted by Crippen LogP contribution is 2.12. The summed E-state index contributed by atoms with van der Waals surface area (Å²) in [6, 6.07) is 6.85. The van der Waals surface area contributed by atoms with E-state index in [0.29, 0.717) is 0 Å². The number of sulfone groups is 2. The third-order valence-corrected chi connectivity index (χ3v) is 5.85. The van der Waals surface area contributed by atoms with E-state index in [1.165, 1.54) is 24.3 Å². The number of nitriles is 1. The van der Waals surface area contributed by atoms with Gasteiger partial charge in [0.05, 0.1) is 28.0 Å². The van der Waals surface area contributed by atoms with Crippen molar-refractivity contribution in [2.75, 3.05) is 17.3 Å². The van der Waals surface area contributed by atoms with Gasteiger partial charge in [0.15, 0.2) is 19.7 Å². The van der Waals surface area contributed by atoms with E-state index in [9.17, 15) is 21.6 Å². The number of benzene rings is 1. The third kappa shape index (κ3) is 4.64. The molecule has 0 amide bonds. The molecule has 0 aliphatic rings. The van der Waals surface area contributed by atoms with Gasteiger partial charge >= 0.3 is 5.97 Å². The highest BCUT2D eigenvalue weighted by molar-refractivity contribution is 7.95. The molecule has 0 unspecified atom stereocenters. The Kier molecular flexibility index (Phi) is 4.86. The minimum Gasteiger partial charge on any atom is -0.480 e. The second-order valence-corrected chi connectivity index (χ2v) is 8.23. The zero-order chi connectivity index (χ0) is 15.4. The molecule has 1 rings (SSSR count). The van der Waals surface area contributed by atoms with Gasteiger partial charge in [-0.05, 0) is 24.3 Å². The molecule has 0 aliphatic carbocycles. The number of aliphatic carboxylic acids is 1. The molecule has 0 bridgehead atoms. The van der Waals surface area contributed by atoms with Crippen molar-refractivity contribution in [1.82, 2.24) is 0 Å². The largest absolute Gasteiger partial charge is 0.480 e. The summed E-state index contributed by atoms with van der Waals surface area (Å²) in [4.78, 5) is 10.2. The lowest BCUT2D eigenvalue weighted by Gasteiger charge is -2.04. The molecule has 1 N–H and O–H groups in total. The van der Waals surface area contributed by atoms with Crippen LogP contribution in [0.5, 0.6) is 0 Å². The van der Waals surface area contributed by atoms with E-state index < -0.39 is 42.9 Å². The van der Waals surface area contributed by atoms with Gasteiger partial charge in [-0.15, -0.1) is 0 Å². The van der Waals surface area contributed by atoms with Crippen LogP contribution >= 0.6 is 0 Å². The van der Waals surface area contributed by atoms with Gasteiger partial charge in [0.2, 0.25) is 0 Å². The topological polar surface area (TPSA) is 129 Å². The quantitative estimate of drug-likeness (QED) is 0.771. The van der Waals surface area contributed by atoms with Crippen molar-refractivity contribution in [1.29, 1.82) is 5.26 Å². The molecule has 0 fully saturated rings. The molecular formula is C11H11NO6S2. The average molecular weight is 317 g/mol. The first-order valence-corrected chi connectivity index (χ1v) is 8.79. The number of carbonyl (C=O) groups is 1. The maximum absolute atomic E-state index is 11.9. The molecule has 0 aliphatic heterocycles. The third-order valence-electron chi connectivity index (χ3n) is 2.35. The van der Waals surface area contributed by atoms with Gasteiger partial charge in [-0.25, -0.2) is 16.8 Å². The fourth-order valence-electron chi connectivity index (χ4n) is 1.35. The van der Waals surface area contributed by atoms with Crippen LogP contribution in [0.15, 0.2) is 29.2 Å². The maximum atomic E-state index is 11.9. The molecule has 7 nitrogen and oxygen atoms in total. The van der Waals surface area contributed by atoms with Crippen LogP contribution in [0.25, 0.3) is 0 Å². The molecule has 108 valence electrons. The summed E-state index contributed by atoms with van der Waals surface area (Å²) in [6.07, 6.45) is 0. The summed E-state index contributed by atoms with van der Waals surface area (Å²) >= 11 is 0. The SMILES string of the molecule is N#Cc1ccc(S(=O)(=O)CCS(=O)(=O)CC(=O)O)cc1. The van der Waals surface area contributed by atoms with Gasteiger partial charge in [-0.1, -0.05) is 0 Å². The van der Waals surface area contributed by atoms with Crippen molar-refractivity contribution >= 4 is 25.6 Å². The molecule has 0 radical (unpaired) electrons. The summed E-state index contributed by atoms with van der Waals surface area (Å²) in [5.74, 6) is -4.09. The van der Waals surface area contributed by atoms with Gasteiger partial charge in [0.25, 0.3) is 0 Å². The van der Waals surface area contributed by atoms with Gasteiger partial charge in [-0.2, -0.15) is 5.26 Å². The fraction of sp³-hybridized carbons (Fsp3) is 0.273. The van der Waals surface area contributed by atoms with E-state index >= 15 is 0 Å². The molecule has 20 heavy (non-hydrogen) atoms. The van der Waals surface area contributed by atoms with Crippen LogP contribution in [-0.2, 0) is 24.5 Å². The highest BCUT2D eigenvalue weighted by atomic mass is 32.2. The molecule has 0 spiro atoms. The first-order chi connectivity index (χ1) is 9.16. The lowest BCUT2D eigenvalue weighted by Crippen LogP contribution is -2.23. The minimum absolute atomic E-state index is 0.109. The van der Waals surface area contributed by atoms with Crippen LogP contribution in [-0.4, -0.2) is 45.2 Å². The molecule has 1 aromatic rings. The summed E-state index contributed by atoms with van der Waals surface area (Å²) in [6.45, 7) is 0. The van der Waals surface area contributed by atoms with Crippen LogP contribution in [0.2, 0.25) is 0 Å². The molecular weight excluding hydrogens is 306 g/mol. The van der Waals surface area contributed by atoms with E-state index in [0.717, 1.165) is 0 Å². The fourth-order valence-corrected chi connectivity index (χ4v) is 4.55. The lowest BCUT2D eigenvalue weighted by atomic mass is 10.2. The Balaban J connectivity index is 2.85. The van der Waals surface area contributed by atoms with Crippen molar-refractivity contribution in [3.63, 3.8) is 0 Å². The number of rotatable bonds is 6. The molecule has 0 aromatic heterocycles. The predicted octanol–water partition coefficient (Wildman–Crippen LogP) is -0.169. The smallest absolute Gasteiger partial charge is 0.318 e. The summed E-state index contributed by atoms with van der Waals surface area (Å²) in [5.41, 5.74) is 0.280. The van der Waals surface area contributed by atoms with Crippen molar-refractivity contribution in [2.24, 2.45) is 0 Å². The van der Waals surface area contributed by atoms with Crippen molar-refractivity contribution in [3.8, 4) is 6.07 Å². The van der Waals surface area contributed by atoms with E-state index in [-0.39, 0.29) is 10.5 Å². The Morgan fingerprint density at radius 1 is 1.10 bits per heavy atom. The number of carboxylic acid groups (broad SMARTS) is 1. The van der Waals surface area contributed by atoms with Crippen LogP contribution < -0.4 is 0 Å². The first-order valence-electron chi connectivity index (χ1n) is 5.31. The number of hydrogen-bond donors (Lipinski definition) is 1. The lowest BCUT2D eigenvalue weighted by molar-refractivity contribution is -0.134. The number of nitrogens with zero attached hydrogens (tertiary/aromatic N) is 1. The van der Waals surface area contributed by atoms with Gasteiger partial charge < -0.3 is 5.11 Å². The first kappa shape index (κ1) is 16.1. The molecule has 0 atom stereocenters. The number of carboxylic acids is 1. The summed E-state index contributed by atoms with van der Waals surface area (Å²) in [5, 5.41) is 17.0. The van der Waals surface area contributed by atoms with Crippen molar-refractivity contribution in [3.05, 3.63) is 29.8 Å². The molecule has 0 saturated carbocycles. The zero-order valence-electron chi connectivity index (χ0n) is 10.2. The number of hydrogen-bond acceptors (Lipinski definition) is 6. The van der Waals surface area contributed by atoms with Crippen molar-refractivity contribution in [2.45, 2.75) is 4.90 Å². The molecule has 0 heterocycles. The second kappa shape index (κ2) is 6.02. The average Bonchev–Trinajstić information content (AvgIpc) is 2.35. The predicted molar refractivity (Wildman–Crippen MR) is 69.5 cm³/mol. The Bertz CT molecular complexity index is 741. The molecule has 0 saturated heterocycles. The van der Waals surface area contributed by atoms with Crippen LogP contribution in [0, 0.1) is 11.3 Å². The Hall–Kier alpha value is -1.92.